The SMILES string of the molecule is Cc1ccccc1OCCC(=O)NCc1cccs1. The first kappa shape index (κ1) is 13.6. The molecule has 2 aromatic rings. The number of benzene rings is 1. The molecule has 0 saturated carbocycles. The fourth-order valence-corrected chi connectivity index (χ4v) is 2.30. The Morgan fingerprint density at radius 3 is 2.84 bits per heavy atom. The Kier molecular flexibility index (Phi) is 4.98. The van der Waals surface area contributed by atoms with Crippen molar-refractivity contribution in [2.24, 2.45) is 0 Å². The molecule has 100 valence electrons. The largest absolute Gasteiger partial charge is 0.493 e. The predicted octanol–water partition coefficient (Wildman–Crippen LogP) is 3.14. The first-order valence-electron chi connectivity index (χ1n) is 6.23. The topological polar surface area (TPSA) is 38.3 Å². The second-order valence-electron chi connectivity index (χ2n) is 4.22. The van der Waals surface area contributed by atoms with E-state index in [1.165, 1.54) is 0 Å². The minimum absolute atomic E-state index is 0.0157. The van der Waals surface area contributed by atoms with Crippen molar-refractivity contribution in [3.63, 3.8) is 0 Å². The van der Waals surface area contributed by atoms with Gasteiger partial charge in [-0.25, -0.2) is 0 Å². The third-order valence-electron chi connectivity index (χ3n) is 2.72. The number of para-hydroxylation sites is 1. The van der Waals surface area contributed by atoms with Crippen molar-refractivity contribution in [2.45, 2.75) is 19.9 Å². The summed E-state index contributed by atoms with van der Waals surface area (Å²) in [7, 11) is 0. The number of thiophene rings is 1. The number of rotatable bonds is 6. The second-order valence-corrected chi connectivity index (χ2v) is 5.25. The zero-order valence-electron chi connectivity index (χ0n) is 10.9. The van der Waals surface area contributed by atoms with Crippen LogP contribution in [0.1, 0.15) is 16.9 Å². The van der Waals surface area contributed by atoms with Gasteiger partial charge in [0.1, 0.15) is 5.75 Å². The standard InChI is InChI=1S/C15H17NO2S/c1-12-5-2-3-7-14(12)18-9-8-15(17)16-11-13-6-4-10-19-13/h2-7,10H,8-9,11H2,1H3,(H,16,17). The Hall–Kier alpha value is -1.81. The molecule has 0 aliphatic carbocycles. The molecule has 0 spiro atoms. The Balaban J connectivity index is 1.68. The normalized spacial score (nSPS) is 10.2. The quantitative estimate of drug-likeness (QED) is 0.879. The summed E-state index contributed by atoms with van der Waals surface area (Å²) in [6, 6.07) is 11.8. The van der Waals surface area contributed by atoms with E-state index in [9.17, 15) is 4.79 Å². The fourth-order valence-electron chi connectivity index (χ4n) is 1.66. The smallest absolute Gasteiger partial charge is 0.223 e. The van der Waals surface area contributed by atoms with E-state index in [1.807, 2.05) is 48.7 Å². The molecule has 1 aromatic carbocycles. The first-order valence-corrected chi connectivity index (χ1v) is 7.11. The molecule has 0 unspecified atom stereocenters. The van der Waals surface area contributed by atoms with Gasteiger partial charge in [-0.15, -0.1) is 11.3 Å². The van der Waals surface area contributed by atoms with Crippen LogP contribution in [-0.4, -0.2) is 12.5 Å². The maximum atomic E-state index is 11.6. The molecule has 0 aliphatic heterocycles. The van der Waals surface area contributed by atoms with Gasteiger partial charge in [-0.2, -0.15) is 0 Å². The van der Waals surface area contributed by atoms with Crippen LogP contribution in [0.3, 0.4) is 0 Å². The van der Waals surface area contributed by atoms with E-state index in [4.69, 9.17) is 4.74 Å². The molecule has 0 atom stereocenters. The van der Waals surface area contributed by atoms with Crippen molar-refractivity contribution in [3.8, 4) is 5.75 Å². The highest BCUT2D eigenvalue weighted by Crippen LogP contribution is 2.16. The summed E-state index contributed by atoms with van der Waals surface area (Å²) in [6.45, 7) is 2.99. The molecule has 0 bridgehead atoms. The summed E-state index contributed by atoms with van der Waals surface area (Å²) < 4.78 is 5.59. The molecule has 1 amide bonds. The Morgan fingerprint density at radius 1 is 1.26 bits per heavy atom. The zero-order chi connectivity index (χ0) is 13.5. The molecule has 1 aromatic heterocycles. The monoisotopic (exact) mass is 275 g/mol. The lowest BCUT2D eigenvalue weighted by Gasteiger charge is -2.08. The highest BCUT2D eigenvalue weighted by atomic mass is 32.1. The predicted molar refractivity (Wildman–Crippen MR) is 77.5 cm³/mol. The van der Waals surface area contributed by atoms with Crippen LogP contribution in [0.2, 0.25) is 0 Å². The van der Waals surface area contributed by atoms with Crippen molar-refractivity contribution in [1.82, 2.24) is 5.32 Å². The molecule has 1 heterocycles. The van der Waals surface area contributed by atoms with Crippen LogP contribution in [0.4, 0.5) is 0 Å². The van der Waals surface area contributed by atoms with Crippen molar-refractivity contribution >= 4 is 17.2 Å². The van der Waals surface area contributed by atoms with Gasteiger partial charge in [0, 0.05) is 4.88 Å². The van der Waals surface area contributed by atoms with Gasteiger partial charge >= 0.3 is 0 Å². The molecule has 0 aliphatic rings. The molecule has 3 nitrogen and oxygen atoms in total. The lowest BCUT2D eigenvalue weighted by Crippen LogP contribution is -2.24. The molecule has 1 N–H and O–H groups in total. The molecule has 0 saturated heterocycles. The van der Waals surface area contributed by atoms with Crippen molar-refractivity contribution in [3.05, 3.63) is 52.2 Å². The number of nitrogens with one attached hydrogen (secondary N) is 1. The van der Waals surface area contributed by atoms with E-state index in [-0.39, 0.29) is 5.91 Å². The maximum Gasteiger partial charge on any atom is 0.223 e. The minimum atomic E-state index is 0.0157. The van der Waals surface area contributed by atoms with Gasteiger partial charge in [0.25, 0.3) is 0 Å². The highest BCUT2D eigenvalue weighted by molar-refractivity contribution is 7.09. The number of hydrogen-bond donors (Lipinski definition) is 1. The highest BCUT2D eigenvalue weighted by Gasteiger charge is 2.03. The van der Waals surface area contributed by atoms with Gasteiger partial charge in [0.05, 0.1) is 19.6 Å². The van der Waals surface area contributed by atoms with E-state index in [0.29, 0.717) is 19.6 Å². The molecule has 4 heteroatoms. The van der Waals surface area contributed by atoms with Gasteiger partial charge in [-0.05, 0) is 30.0 Å². The maximum absolute atomic E-state index is 11.6. The van der Waals surface area contributed by atoms with E-state index >= 15 is 0 Å². The third kappa shape index (κ3) is 4.41. The van der Waals surface area contributed by atoms with Crippen LogP contribution in [0.25, 0.3) is 0 Å². The minimum Gasteiger partial charge on any atom is -0.493 e. The number of hydrogen-bond acceptors (Lipinski definition) is 3. The Morgan fingerprint density at radius 2 is 2.11 bits per heavy atom. The number of aryl methyl sites for hydroxylation is 1. The molecule has 19 heavy (non-hydrogen) atoms. The van der Waals surface area contributed by atoms with Crippen molar-refractivity contribution < 1.29 is 9.53 Å². The number of ether oxygens (including phenoxy) is 1. The zero-order valence-corrected chi connectivity index (χ0v) is 11.7. The van der Waals surface area contributed by atoms with Crippen molar-refractivity contribution in [2.75, 3.05) is 6.61 Å². The average molecular weight is 275 g/mol. The number of amides is 1. The van der Waals surface area contributed by atoms with E-state index in [2.05, 4.69) is 5.32 Å². The number of carbonyl (C=O) groups is 1. The van der Waals surface area contributed by atoms with Gasteiger partial charge < -0.3 is 10.1 Å². The van der Waals surface area contributed by atoms with Crippen molar-refractivity contribution in [1.29, 1.82) is 0 Å². The Bertz CT molecular complexity index is 523. The van der Waals surface area contributed by atoms with Crippen LogP contribution in [-0.2, 0) is 11.3 Å². The van der Waals surface area contributed by atoms with Gasteiger partial charge in [-0.1, -0.05) is 24.3 Å². The summed E-state index contributed by atoms with van der Waals surface area (Å²) in [5.41, 5.74) is 1.08. The summed E-state index contributed by atoms with van der Waals surface area (Å²) in [4.78, 5) is 12.8. The van der Waals surface area contributed by atoms with Gasteiger partial charge in [0.2, 0.25) is 5.91 Å². The van der Waals surface area contributed by atoms with Gasteiger partial charge in [-0.3, -0.25) is 4.79 Å². The molecule has 0 radical (unpaired) electrons. The lowest BCUT2D eigenvalue weighted by atomic mass is 10.2. The van der Waals surface area contributed by atoms with Gasteiger partial charge in [0.15, 0.2) is 0 Å². The average Bonchev–Trinajstić information content (AvgIpc) is 2.92. The molecule has 2 rings (SSSR count). The number of carbonyl (C=O) groups excluding carboxylic acids is 1. The first-order chi connectivity index (χ1) is 9.25. The van der Waals surface area contributed by atoms with Crippen LogP contribution in [0, 0.1) is 6.92 Å². The fraction of sp³-hybridized carbons (Fsp3) is 0.267. The molecule has 0 fully saturated rings. The van der Waals surface area contributed by atoms with E-state index in [0.717, 1.165) is 16.2 Å². The molecular formula is C15H17NO2S. The van der Waals surface area contributed by atoms with E-state index in [1.54, 1.807) is 11.3 Å². The van der Waals surface area contributed by atoms with Crippen LogP contribution >= 0.6 is 11.3 Å². The van der Waals surface area contributed by atoms with Crippen LogP contribution in [0.5, 0.6) is 5.75 Å². The lowest BCUT2D eigenvalue weighted by molar-refractivity contribution is -0.121. The van der Waals surface area contributed by atoms with Crippen LogP contribution in [0.15, 0.2) is 41.8 Å². The summed E-state index contributed by atoms with van der Waals surface area (Å²) in [5, 5.41) is 4.88. The summed E-state index contributed by atoms with van der Waals surface area (Å²) >= 11 is 1.64. The van der Waals surface area contributed by atoms with Crippen LogP contribution < -0.4 is 10.1 Å². The summed E-state index contributed by atoms with van der Waals surface area (Å²) in [6.07, 6.45) is 0.375. The second kappa shape index (κ2) is 6.95. The Labute approximate surface area is 117 Å². The molecular weight excluding hydrogens is 258 g/mol. The summed E-state index contributed by atoms with van der Waals surface area (Å²) in [5.74, 6) is 0.857. The van der Waals surface area contributed by atoms with E-state index < -0.39 is 0 Å². The third-order valence-corrected chi connectivity index (χ3v) is 3.60.